The highest BCUT2D eigenvalue weighted by atomic mass is 28.3. The van der Waals surface area contributed by atoms with Crippen molar-refractivity contribution in [3.05, 3.63) is 97.3 Å². The van der Waals surface area contributed by atoms with Gasteiger partial charge >= 0.3 is 0 Å². The van der Waals surface area contributed by atoms with E-state index in [-0.39, 0.29) is 0 Å². The molecule has 0 N–H and O–H groups in total. The Morgan fingerprint density at radius 3 is 1.25 bits per heavy atom. The molecule has 0 fully saturated rings. The number of hydrogen-bond acceptors (Lipinski definition) is 2. The average molecular weight is 449 g/mol. The van der Waals surface area contributed by atoms with Gasteiger partial charge in [-0.05, 0) is 22.5 Å². The van der Waals surface area contributed by atoms with E-state index in [0.717, 1.165) is 11.0 Å². The van der Waals surface area contributed by atoms with Gasteiger partial charge in [0, 0.05) is 23.2 Å². The third-order valence-electron chi connectivity index (χ3n) is 6.95. The molecule has 0 atom stereocenters. The van der Waals surface area contributed by atoms with Crippen molar-refractivity contribution in [2.75, 3.05) is 0 Å². The molecular formula is C28H28N2Si2. The van der Waals surface area contributed by atoms with Crippen LogP contribution < -0.4 is 20.7 Å². The highest BCUT2D eigenvalue weighted by Gasteiger charge is 2.30. The number of hydrogen-bond donors (Lipinski definition) is 0. The minimum absolute atomic E-state index is 1.06. The SMILES string of the molecule is C[Si](C)(c1ccc([Si](C)(C)c2cnc3ccccc3c2)cc1)c1cnc2ccccc2c1. The molecule has 0 spiro atoms. The summed E-state index contributed by atoms with van der Waals surface area (Å²) in [4.78, 5) is 9.46. The van der Waals surface area contributed by atoms with Gasteiger partial charge in [0.05, 0.1) is 11.0 Å². The van der Waals surface area contributed by atoms with Crippen LogP contribution in [0.25, 0.3) is 21.8 Å². The molecule has 0 aliphatic carbocycles. The van der Waals surface area contributed by atoms with Crippen LogP contribution in [0.4, 0.5) is 0 Å². The first-order valence-corrected chi connectivity index (χ1v) is 17.2. The minimum Gasteiger partial charge on any atom is -0.256 e. The van der Waals surface area contributed by atoms with E-state index in [9.17, 15) is 0 Å². The van der Waals surface area contributed by atoms with Crippen molar-refractivity contribution < 1.29 is 0 Å². The van der Waals surface area contributed by atoms with E-state index >= 15 is 0 Å². The molecule has 0 saturated heterocycles. The van der Waals surface area contributed by atoms with Crippen LogP contribution in [-0.4, -0.2) is 26.1 Å². The first kappa shape index (κ1) is 20.8. The fourth-order valence-corrected chi connectivity index (χ4v) is 8.94. The fourth-order valence-electron chi connectivity index (χ4n) is 4.46. The Morgan fingerprint density at radius 2 is 0.844 bits per heavy atom. The molecule has 0 amide bonds. The van der Waals surface area contributed by atoms with Crippen molar-refractivity contribution in [3.63, 3.8) is 0 Å². The van der Waals surface area contributed by atoms with Crippen LogP contribution in [0.15, 0.2) is 97.3 Å². The summed E-state index contributed by atoms with van der Waals surface area (Å²) in [5, 5.41) is 8.08. The maximum atomic E-state index is 4.73. The van der Waals surface area contributed by atoms with Crippen molar-refractivity contribution >= 4 is 58.7 Å². The second-order valence-electron chi connectivity index (χ2n) is 9.66. The second kappa shape index (κ2) is 7.80. The van der Waals surface area contributed by atoms with Gasteiger partial charge in [0.15, 0.2) is 0 Å². The molecule has 2 aromatic heterocycles. The zero-order valence-electron chi connectivity index (χ0n) is 19.1. The summed E-state index contributed by atoms with van der Waals surface area (Å²) in [6.45, 7) is 9.68. The molecule has 0 unspecified atom stereocenters. The molecule has 2 heterocycles. The van der Waals surface area contributed by atoms with E-state index in [2.05, 4.69) is 111 Å². The lowest BCUT2D eigenvalue weighted by Crippen LogP contribution is -2.56. The monoisotopic (exact) mass is 448 g/mol. The second-order valence-corrected chi connectivity index (χ2v) is 18.5. The Morgan fingerprint density at radius 1 is 0.469 bits per heavy atom. The molecule has 4 heteroatoms. The zero-order valence-corrected chi connectivity index (χ0v) is 21.1. The quantitative estimate of drug-likeness (QED) is 0.380. The topological polar surface area (TPSA) is 25.8 Å². The number of nitrogens with zero attached hydrogens (tertiary/aromatic N) is 2. The zero-order chi connectivity index (χ0) is 22.3. The van der Waals surface area contributed by atoms with Gasteiger partial charge < -0.3 is 0 Å². The number of aromatic nitrogens is 2. The van der Waals surface area contributed by atoms with Gasteiger partial charge in [-0.15, -0.1) is 0 Å². The lowest BCUT2D eigenvalue weighted by Gasteiger charge is -2.27. The summed E-state index contributed by atoms with van der Waals surface area (Å²) in [6, 6.07) is 30.9. The normalized spacial score (nSPS) is 12.4. The molecule has 0 saturated carbocycles. The predicted octanol–water partition coefficient (Wildman–Crippen LogP) is 4.43. The minimum atomic E-state index is -1.83. The number of pyridine rings is 2. The summed E-state index contributed by atoms with van der Waals surface area (Å²) < 4.78 is 0. The van der Waals surface area contributed by atoms with E-state index < -0.39 is 16.1 Å². The highest BCUT2D eigenvalue weighted by molar-refractivity contribution is 7.01. The molecule has 2 nitrogen and oxygen atoms in total. The van der Waals surface area contributed by atoms with E-state index in [1.807, 2.05) is 12.1 Å². The van der Waals surface area contributed by atoms with Crippen LogP contribution in [0.2, 0.25) is 26.2 Å². The van der Waals surface area contributed by atoms with Crippen molar-refractivity contribution in [2.24, 2.45) is 0 Å². The number of para-hydroxylation sites is 2. The molecule has 0 aliphatic heterocycles. The Labute approximate surface area is 192 Å². The third kappa shape index (κ3) is 3.59. The molecule has 0 radical (unpaired) electrons. The lowest BCUT2D eigenvalue weighted by molar-refractivity contribution is 1.42. The van der Waals surface area contributed by atoms with Gasteiger partial charge in [-0.1, -0.05) is 109 Å². The van der Waals surface area contributed by atoms with Crippen LogP contribution in [0, 0.1) is 0 Å². The largest absolute Gasteiger partial charge is 0.256 e. The Balaban J connectivity index is 1.48. The van der Waals surface area contributed by atoms with E-state index in [4.69, 9.17) is 9.97 Å². The van der Waals surface area contributed by atoms with Crippen LogP contribution in [0.1, 0.15) is 0 Å². The van der Waals surface area contributed by atoms with E-state index in [0.29, 0.717) is 0 Å². The Bertz CT molecular complexity index is 1310. The van der Waals surface area contributed by atoms with E-state index in [1.54, 1.807) is 0 Å². The summed E-state index contributed by atoms with van der Waals surface area (Å²) in [7, 11) is -3.66. The predicted molar refractivity (Wildman–Crippen MR) is 143 cm³/mol. The Kier molecular flexibility index (Phi) is 5.07. The first-order valence-electron chi connectivity index (χ1n) is 11.2. The first-order chi connectivity index (χ1) is 15.4. The van der Waals surface area contributed by atoms with Gasteiger partial charge in [-0.2, -0.15) is 0 Å². The smallest absolute Gasteiger partial charge is 0.114 e. The molecule has 3 aromatic carbocycles. The molecule has 0 bridgehead atoms. The van der Waals surface area contributed by atoms with Crippen LogP contribution in [0.5, 0.6) is 0 Å². The van der Waals surface area contributed by atoms with Gasteiger partial charge in [0.25, 0.3) is 0 Å². The maximum absolute atomic E-state index is 4.73. The number of fused-ring (bicyclic) bond motifs is 2. The van der Waals surface area contributed by atoms with Gasteiger partial charge in [-0.25, -0.2) is 0 Å². The summed E-state index contributed by atoms with van der Waals surface area (Å²) in [6.07, 6.45) is 4.17. The molecule has 5 aromatic rings. The van der Waals surface area contributed by atoms with Crippen LogP contribution in [-0.2, 0) is 0 Å². The Hall–Kier alpha value is -3.09. The molecule has 158 valence electrons. The standard InChI is InChI=1S/C28H28N2Si2/c1-31(2,25-17-21-9-5-7-11-27(21)29-19-25)23-13-15-24(16-14-23)32(3,4)26-18-22-10-6-8-12-28(22)30-20-26/h5-20H,1-4H3. The number of rotatable bonds is 4. The molecule has 5 rings (SSSR count). The van der Waals surface area contributed by atoms with Gasteiger partial charge in [-0.3, -0.25) is 9.97 Å². The maximum Gasteiger partial charge on any atom is 0.114 e. The van der Waals surface area contributed by atoms with Crippen LogP contribution in [0.3, 0.4) is 0 Å². The highest BCUT2D eigenvalue weighted by Crippen LogP contribution is 2.14. The molecular weight excluding hydrogens is 420 g/mol. The average Bonchev–Trinajstić information content (AvgIpc) is 2.83. The number of benzene rings is 3. The van der Waals surface area contributed by atoms with Crippen molar-refractivity contribution in [1.29, 1.82) is 0 Å². The summed E-state index contributed by atoms with van der Waals surface area (Å²) in [5.74, 6) is 0. The van der Waals surface area contributed by atoms with Gasteiger partial charge in [0.2, 0.25) is 0 Å². The molecule has 32 heavy (non-hydrogen) atoms. The van der Waals surface area contributed by atoms with Gasteiger partial charge in [0.1, 0.15) is 16.1 Å². The third-order valence-corrected chi connectivity index (χ3v) is 13.9. The summed E-state index contributed by atoms with van der Waals surface area (Å²) >= 11 is 0. The van der Waals surface area contributed by atoms with Crippen molar-refractivity contribution in [1.82, 2.24) is 9.97 Å². The van der Waals surface area contributed by atoms with Crippen LogP contribution >= 0.6 is 0 Å². The van der Waals surface area contributed by atoms with Crippen molar-refractivity contribution in [2.45, 2.75) is 26.2 Å². The fraction of sp³-hybridized carbons (Fsp3) is 0.143. The lowest BCUT2D eigenvalue weighted by atomic mass is 10.2. The van der Waals surface area contributed by atoms with Crippen molar-refractivity contribution in [3.8, 4) is 0 Å². The van der Waals surface area contributed by atoms with E-state index in [1.165, 1.54) is 31.5 Å². The summed E-state index contributed by atoms with van der Waals surface area (Å²) in [5.41, 5.74) is 2.13. The molecule has 0 aliphatic rings.